The summed E-state index contributed by atoms with van der Waals surface area (Å²) in [4.78, 5) is 25.2. The van der Waals surface area contributed by atoms with Crippen LogP contribution in [0.2, 0.25) is 0 Å². The molecule has 2 aromatic carbocycles. The van der Waals surface area contributed by atoms with E-state index < -0.39 is 17.6 Å². The first-order chi connectivity index (χ1) is 12.2. The number of nitrogens with zero attached hydrogens (tertiary/aromatic N) is 1. The predicted molar refractivity (Wildman–Crippen MR) is 91.1 cm³/mol. The maximum atomic E-state index is 12.7. The highest BCUT2D eigenvalue weighted by Crippen LogP contribution is 2.30. The SMILES string of the molecule is COc1ccc(N(CC(=O)Nc2cccc(C(F)(F)F)c2)C(C)=O)cc1. The van der Waals surface area contributed by atoms with Crippen LogP contribution in [-0.2, 0) is 15.8 Å². The maximum absolute atomic E-state index is 12.7. The van der Waals surface area contributed by atoms with E-state index in [9.17, 15) is 22.8 Å². The Labute approximate surface area is 148 Å². The first-order valence-corrected chi connectivity index (χ1v) is 7.60. The van der Waals surface area contributed by atoms with Crippen molar-refractivity contribution in [3.63, 3.8) is 0 Å². The number of anilines is 2. The Kier molecular flexibility index (Phi) is 5.86. The monoisotopic (exact) mass is 366 g/mol. The molecule has 0 atom stereocenters. The number of hydrogen-bond acceptors (Lipinski definition) is 3. The van der Waals surface area contributed by atoms with Gasteiger partial charge in [0.1, 0.15) is 12.3 Å². The van der Waals surface area contributed by atoms with Crippen molar-refractivity contribution >= 4 is 23.2 Å². The number of methoxy groups -OCH3 is 1. The van der Waals surface area contributed by atoms with Crippen LogP contribution in [0.1, 0.15) is 12.5 Å². The number of alkyl halides is 3. The van der Waals surface area contributed by atoms with E-state index in [4.69, 9.17) is 4.74 Å². The number of halogens is 3. The minimum absolute atomic E-state index is 0.00283. The summed E-state index contributed by atoms with van der Waals surface area (Å²) in [7, 11) is 1.50. The number of hydrogen-bond donors (Lipinski definition) is 1. The molecular weight excluding hydrogens is 349 g/mol. The van der Waals surface area contributed by atoms with E-state index in [1.807, 2.05) is 0 Å². The zero-order valence-corrected chi connectivity index (χ0v) is 14.1. The van der Waals surface area contributed by atoms with Crippen LogP contribution < -0.4 is 15.0 Å². The Bertz CT molecular complexity index is 789. The molecule has 2 aromatic rings. The Morgan fingerprint density at radius 1 is 1.12 bits per heavy atom. The molecule has 2 rings (SSSR count). The molecule has 2 amide bonds. The number of benzene rings is 2. The van der Waals surface area contributed by atoms with Gasteiger partial charge in [-0.3, -0.25) is 9.59 Å². The molecule has 0 aliphatic carbocycles. The average Bonchev–Trinajstić information content (AvgIpc) is 2.59. The van der Waals surface area contributed by atoms with Crippen LogP contribution in [0.3, 0.4) is 0 Å². The molecule has 0 aliphatic rings. The number of nitrogens with one attached hydrogen (secondary N) is 1. The van der Waals surface area contributed by atoms with Crippen LogP contribution in [0.25, 0.3) is 0 Å². The number of rotatable bonds is 5. The highest BCUT2D eigenvalue weighted by atomic mass is 19.4. The van der Waals surface area contributed by atoms with Crippen LogP contribution in [0.15, 0.2) is 48.5 Å². The van der Waals surface area contributed by atoms with Gasteiger partial charge in [0.05, 0.1) is 12.7 Å². The van der Waals surface area contributed by atoms with Crippen LogP contribution in [-0.4, -0.2) is 25.5 Å². The lowest BCUT2D eigenvalue weighted by Crippen LogP contribution is -2.36. The largest absolute Gasteiger partial charge is 0.497 e. The lowest BCUT2D eigenvalue weighted by atomic mass is 10.2. The van der Waals surface area contributed by atoms with Gasteiger partial charge < -0.3 is 15.0 Å². The third-order valence-electron chi connectivity index (χ3n) is 3.54. The summed E-state index contributed by atoms with van der Waals surface area (Å²) >= 11 is 0. The molecule has 0 fully saturated rings. The van der Waals surface area contributed by atoms with E-state index in [0.29, 0.717) is 11.4 Å². The molecule has 0 saturated heterocycles. The van der Waals surface area contributed by atoms with Gasteiger partial charge in [0, 0.05) is 18.3 Å². The lowest BCUT2D eigenvalue weighted by molar-refractivity contribution is -0.137. The van der Waals surface area contributed by atoms with Gasteiger partial charge in [0.2, 0.25) is 11.8 Å². The van der Waals surface area contributed by atoms with Crippen LogP contribution in [0, 0.1) is 0 Å². The van der Waals surface area contributed by atoms with E-state index in [-0.39, 0.29) is 18.1 Å². The summed E-state index contributed by atoms with van der Waals surface area (Å²) in [6.07, 6.45) is -4.50. The molecular formula is C18H17F3N2O3. The van der Waals surface area contributed by atoms with Crippen molar-refractivity contribution in [3.8, 4) is 5.75 Å². The third kappa shape index (κ3) is 4.98. The van der Waals surface area contributed by atoms with Gasteiger partial charge in [-0.15, -0.1) is 0 Å². The number of carbonyl (C=O) groups excluding carboxylic acids is 2. The van der Waals surface area contributed by atoms with E-state index >= 15 is 0 Å². The summed E-state index contributed by atoms with van der Waals surface area (Å²) in [6, 6.07) is 10.8. The molecule has 0 heterocycles. The number of ether oxygens (including phenoxy) is 1. The summed E-state index contributed by atoms with van der Waals surface area (Å²) in [6.45, 7) is 0.958. The predicted octanol–water partition coefficient (Wildman–Crippen LogP) is 3.71. The highest BCUT2D eigenvalue weighted by Gasteiger charge is 2.30. The van der Waals surface area contributed by atoms with Gasteiger partial charge in [-0.05, 0) is 42.5 Å². The fourth-order valence-corrected chi connectivity index (χ4v) is 2.26. The molecule has 0 spiro atoms. The summed E-state index contributed by atoms with van der Waals surface area (Å²) in [5, 5.41) is 2.37. The zero-order chi connectivity index (χ0) is 19.3. The Morgan fingerprint density at radius 2 is 1.77 bits per heavy atom. The van der Waals surface area contributed by atoms with Crippen molar-refractivity contribution in [1.29, 1.82) is 0 Å². The molecule has 8 heteroatoms. The van der Waals surface area contributed by atoms with Crippen LogP contribution in [0.5, 0.6) is 5.75 Å². The highest BCUT2D eigenvalue weighted by molar-refractivity contribution is 6.01. The third-order valence-corrected chi connectivity index (χ3v) is 3.54. The standard InChI is InChI=1S/C18H17F3N2O3/c1-12(24)23(15-6-8-16(26-2)9-7-15)11-17(25)22-14-5-3-4-13(10-14)18(19,20)21/h3-10H,11H2,1-2H3,(H,22,25). The lowest BCUT2D eigenvalue weighted by Gasteiger charge is -2.21. The molecule has 5 nitrogen and oxygen atoms in total. The Balaban J connectivity index is 2.12. The fourth-order valence-electron chi connectivity index (χ4n) is 2.26. The van der Waals surface area contributed by atoms with Crippen molar-refractivity contribution in [1.82, 2.24) is 0 Å². The number of amides is 2. The van der Waals surface area contributed by atoms with Crippen LogP contribution in [0.4, 0.5) is 24.5 Å². The molecule has 0 saturated carbocycles. The summed E-state index contributed by atoms with van der Waals surface area (Å²) < 4.78 is 43.2. The van der Waals surface area contributed by atoms with Gasteiger partial charge in [-0.2, -0.15) is 13.2 Å². The average molecular weight is 366 g/mol. The summed E-state index contributed by atoms with van der Waals surface area (Å²) in [5.74, 6) is -0.407. The van der Waals surface area contributed by atoms with Gasteiger partial charge >= 0.3 is 6.18 Å². The molecule has 0 aliphatic heterocycles. The molecule has 0 radical (unpaired) electrons. The summed E-state index contributed by atoms with van der Waals surface area (Å²) in [5.41, 5.74) is -0.394. The fraction of sp³-hybridized carbons (Fsp3) is 0.222. The minimum Gasteiger partial charge on any atom is -0.497 e. The molecule has 0 unspecified atom stereocenters. The van der Waals surface area contributed by atoms with Gasteiger partial charge in [-0.1, -0.05) is 6.07 Å². The quantitative estimate of drug-likeness (QED) is 0.878. The zero-order valence-electron chi connectivity index (χ0n) is 14.1. The van der Waals surface area contributed by atoms with Gasteiger partial charge in [0.25, 0.3) is 0 Å². The second kappa shape index (κ2) is 7.90. The molecule has 26 heavy (non-hydrogen) atoms. The minimum atomic E-state index is -4.50. The normalized spacial score (nSPS) is 11.0. The van der Waals surface area contributed by atoms with Crippen molar-refractivity contribution in [2.75, 3.05) is 23.9 Å². The van der Waals surface area contributed by atoms with E-state index in [2.05, 4.69) is 5.32 Å². The first kappa shape index (κ1) is 19.3. The molecule has 0 bridgehead atoms. The van der Waals surface area contributed by atoms with Crippen molar-refractivity contribution in [2.45, 2.75) is 13.1 Å². The van der Waals surface area contributed by atoms with Crippen molar-refractivity contribution in [3.05, 3.63) is 54.1 Å². The van der Waals surface area contributed by atoms with Crippen molar-refractivity contribution < 1.29 is 27.5 Å². The number of carbonyl (C=O) groups is 2. The smallest absolute Gasteiger partial charge is 0.416 e. The first-order valence-electron chi connectivity index (χ1n) is 7.60. The Morgan fingerprint density at radius 3 is 2.31 bits per heavy atom. The van der Waals surface area contributed by atoms with E-state index in [1.165, 1.54) is 31.1 Å². The van der Waals surface area contributed by atoms with E-state index in [0.717, 1.165) is 12.1 Å². The van der Waals surface area contributed by atoms with Gasteiger partial charge in [-0.25, -0.2) is 0 Å². The van der Waals surface area contributed by atoms with Crippen molar-refractivity contribution in [2.24, 2.45) is 0 Å². The Hall–Kier alpha value is -3.03. The molecule has 138 valence electrons. The second-order valence-corrected chi connectivity index (χ2v) is 5.43. The van der Waals surface area contributed by atoms with Crippen LogP contribution >= 0.6 is 0 Å². The van der Waals surface area contributed by atoms with Gasteiger partial charge in [0.15, 0.2) is 0 Å². The molecule has 0 aromatic heterocycles. The topological polar surface area (TPSA) is 58.6 Å². The van der Waals surface area contributed by atoms with E-state index in [1.54, 1.807) is 24.3 Å². The maximum Gasteiger partial charge on any atom is 0.416 e. The second-order valence-electron chi connectivity index (χ2n) is 5.43. The molecule has 1 N–H and O–H groups in total.